The Morgan fingerprint density at radius 3 is 2.60 bits per heavy atom. The molecule has 1 unspecified atom stereocenters. The number of hydrogen-bond acceptors (Lipinski definition) is 5. The molecule has 0 spiro atoms. The van der Waals surface area contributed by atoms with Crippen molar-refractivity contribution in [3.8, 4) is 0 Å². The highest BCUT2D eigenvalue weighted by Crippen LogP contribution is 2.26. The molecular weight excluding hydrogens is 280 g/mol. The number of rotatable bonds is 4. The van der Waals surface area contributed by atoms with E-state index in [1.54, 1.807) is 19.9 Å². The van der Waals surface area contributed by atoms with Gasteiger partial charge in [-0.05, 0) is 26.3 Å². The van der Waals surface area contributed by atoms with Crippen LogP contribution in [0.1, 0.15) is 17.9 Å². The van der Waals surface area contributed by atoms with Crippen molar-refractivity contribution in [3.63, 3.8) is 0 Å². The fourth-order valence-electron chi connectivity index (χ4n) is 2.74. The Balaban J connectivity index is 1.62. The van der Waals surface area contributed by atoms with E-state index in [0.717, 1.165) is 19.6 Å². The zero-order valence-electron chi connectivity index (χ0n) is 11.8. The first-order valence-electron chi connectivity index (χ1n) is 6.88. The van der Waals surface area contributed by atoms with Crippen LogP contribution in [0.15, 0.2) is 15.4 Å². The minimum absolute atomic E-state index is 0.227. The molecule has 0 radical (unpaired) electrons. The summed E-state index contributed by atoms with van der Waals surface area (Å²) in [6.45, 7) is 5.99. The minimum atomic E-state index is -3.41. The van der Waals surface area contributed by atoms with Crippen LogP contribution in [0, 0.1) is 13.8 Å². The zero-order valence-corrected chi connectivity index (χ0v) is 12.6. The normalized spacial score (nSPS) is 25.0. The largest absolute Gasteiger partial charge is 0.465 e. The molecule has 2 saturated heterocycles. The average molecular weight is 300 g/mol. The summed E-state index contributed by atoms with van der Waals surface area (Å²) in [5, 5.41) is 3.43. The SMILES string of the molecule is Cc1cc(S(=O)(=O)N2CC(NC3CCOC3)C2)c(C)o1. The van der Waals surface area contributed by atoms with Crippen molar-refractivity contribution in [2.45, 2.75) is 37.2 Å². The van der Waals surface area contributed by atoms with Crippen molar-refractivity contribution in [2.75, 3.05) is 26.3 Å². The summed E-state index contributed by atoms with van der Waals surface area (Å²) in [4.78, 5) is 0.289. The van der Waals surface area contributed by atoms with E-state index in [-0.39, 0.29) is 10.9 Å². The molecule has 0 aliphatic carbocycles. The van der Waals surface area contributed by atoms with Gasteiger partial charge in [-0.1, -0.05) is 0 Å². The Morgan fingerprint density at radius 1 is 1.30 bits per heavy atom. The Labute approximate surface area is 119 Å². The Bertz CT molecular complexity index is 584. The second-order valence-electron chi connectivity index (χ2n) is 5.52. The molecular formula is C13H20N2O4S. The van der Waals surface area contributed by atoms with Gasteiger partial charge in [0.15, 0.2) is 0 Å². The number of nitrogens with one attached hydrogen (secondary N) is 1. The summed E-state index contributed by atoms with van der Waals surface area (Å²) in [6.07, 6.45) is 1.00. The highest BCUT2D eigenvalue weighted by Gasteiger charge is 2.39. The van der Waals surface area contributed by atoms with Crippen molar-refractivity contribution < 1.29 is 17.6 Å². The first kappa shape index (κ1) is 14.1. The molecule has 2 fully saturated rings. The van der Waals surface area contributed by atoms with Gasteiger partial charge in [0.05, 0.1) is 6.61 Å². The van der Waals surface area contributed by atoms with Gasteiger partial charge in [0.25, 0.3) is 0 Å². The van der Waals surface area contributed by atoms with E-state index in [0.29, 0.717) is 30.7 Å². The van der Waals surface area contributed by atoms with Crippen LogP contribution in [-0.4, -0.2) is 51.1 Å². The summed E-state index contributed by atoms with van der Waals surface area (Å²) in [7, 11) is -3.41. The van der Waals surface area contributed by atoms with Crippen molar-refractivity contribution >= 4 is 10.0 Å². The van der Waals surface area contributed by atoms with Gasteiger partial charge in [0.1, 0.15) is 16.4 Å². The zero-order chi connectivity index (χ0) is 14.3. The summed E-state index contributed by atoms with van der Waals surface area (Å²) < 4.78 is 37.0. The number of hydrogen-bond donors (Lipinski definition) is 1. The molecule has 2 aliphatic heterocycles. The van der Waals surface area contributed by atoms with E-state index < -0.39 is 10.0 Å². The Kier molecular flexibility index (Phi) is 3.62. The van der Waals surface area contributed by atoms with Crippen molar-refractivity contribution in [2.24, 2.45) is 0 Å². The molecule has 2 aliphatic rings. The van der Waals surface area contributed by atoms with Crippen LogP contribution in [0.2, 0.25) is 0 Å². The van der Waals surface area contributed by atoms with Crippen LogP contribution in [0.5, 0.6) is 0 Å². The van der Waals surface area contributed by atoms with Gasteiger partial charge in [-0.2, -0.15) is 4.31 Å². The monoisotopic (exact) mass is 300 g/mol. The van der Waals surface area contributed by atoms with Gasteiger partial charge < -0.3 is 14.5 Å². The number of furan rings is 1. The maximum atomic E-state index is 12.4. The van der Waals surface area contributed by atoms with E-state index in [1.165, 1.54) is 4.31 Å². The minimum Gasteiger partial charge on any atom is -0.465 e. The number of nitrogens with zero attached hydrogens (tertiary/aromatic N) is 1. The fourth-order valence-corrected chi connectivity index (χ4v) is 4.49. The van der Waals surface area contributed by atoms with Gasteiger partial charge in [-0.15, -0.1) is 0 Å². The van der Waals surface area contributed by atoms with E-state index >= 15 is 0 Å². The smallest absolute Gasteiger partial charge is 0.246 e. The lowest BCUT2D eigenvalue weighted by Gasteiger charge is -2.39. The molecule has 112 valence electrons. The molecule has 0 bridgehead atoms. The topological polar surface area (TPSA) is 71.8 Å². The van der Waals surface area contributed by atoms with Crippen LogP contribution in [0.3, 0.4) is 0 Å². The van der Waals surface area contributed by atoms with E-state index in [2.05, 4.69) is 5.32 Å². The first-order chi connectivity index (χ1) is 9.46. The van der Waals surface area contributed by atoms with Crippen LogP contribution in [-0.2, 0) is 14.8 Å². The second kappa shape index (κ2) is 5.14. The van der Waals surface area contributed by atoms with Crippen LogP contribution < -0.4 is 5.32 Å². The number of aryl methyl sites for hydroxylation is 2. The van der Waals surface area contributed by atoms with Gasteiger partial charge in [0.2, 0.25) is 10.0 Å². The molecule has 6 nitrogen and oxygen atoms in total. The Hall–Kier alpha value is -0.890. The first-order valence-corrected chi connectivity index (χ1v) is 8.32. The highest BCUT2D eigenvalue weighted by atomic mass is 32.2. The average Bonchev–Trinajstić information content (AvgIpc) is 2.92. The summed E-state index contributed by atoms with van der Waals surface area (Å²) >= 11 is 0. The number of sulfonamides is 1. The molecule has 3 rings (SSSR count). The van der Waals surface area contributed by atoms with Gasteiger partial charge >= 0.3 is 0 Å². The molecule has 1 atom stereocenters. The molecule has 0 aromatic carbocycles. The standard InChI is InChI=1S/C13H20N2O4S/c1-9-5-13(10(2)19-9)20(16,17)15-6-12(7-15)14-11-3-4-18-8-11/h5,11-12,14H,3-4,6-8H2,1-2H3. The number of ether oxygens (including phenoxy) is 1. The summed E-state index contributed by atoms with van der Waals surface area (Å²) in [5.74, 6) is 1.09. The molecule has 0 saturated carbocycles. The molecule has 3 heterocycles. The fraction of sp³-hybridized carbons (Fsp3) is 0.692. The lowest BCUT2D eigenvalue weighted by molar-refractivity contribution is 0.172. The van der Waals surface area contributed by atoms with E-state index in [1.807, 2.05) is 0 Å². The molecule has 20 heavy (non-hydrogen) atoms. The maximum absolute atomic E-state index is 12.4. The third kappa shape index (κ3) is 2.50. The van der Waals surface area contributed by atoms with Crippen LogP contribution >= 0.6 is 0 Å². The molecule has 1 aromatic heterocycles. The predicted molar refractivity (Wildman–Crippen MR) is 73.1 cm³/mol. The molecule has 1 N–H and O–H groups in total. The third-order valence-electron chi connectivity index (χ3n) is 3.86. The van der Waals surface area contributed by atoms with E-state index in [9.17, 15) is 8.42 Å². The molecule has 1 aromatic rings. The highest BCUT2D eigenvalue weighted by molar-refractivity contribution is 7.89. The quantitative estimate of drug-likeness (QED) is 0.884. The lowest BCUT2D eigenvalue weighted by atomic mass is 10.1. The van der Waals surface area contributed by atoms with Crippen molar-refractivity contribution in [3.05, 3.63) is 17.6 Å². The molecule has 7 heteroatoms. The third-order valence-corrected chi connectivity index (χ3v) is 5.80. The van der Waals surface area contributed by atoms with Crippen molar-refractivity contribution in [1.29, 1.82) is 0 Å². The summed E-state index contributed by atoms with van der Waals surface area (Å²) in [5.41, 5.74) is 0. The van der Waals surface area contributed by atoms with Gasteiger partial charge in [-0.3, -0.25) is 0 Å². The van der Waals surface area contributed by atoms with Gasteiger partial charge in [-0.25, -0.2) is 8.42 Å². The predicted octanol–water partition coefficient (Wildman–Crippen LogP) is 0.648. The van der Waals surface area contributed by atoms with Gasteiger partial charge in [0, 0.05) is 31.8 Å². The van der Waals surface area contributed by atoms with E-state index in [4.69, 9.17) is 9.15 Å². The summed E-state index contributed by atoms with van der Waals surface area (Å²) in [6, 6.07) is 2.18. The molecule has 0 amide bonds. The second-order valence-corrected chi connectivity index (χ2v) is 7.43. The Morgan fingerprint density at radius 2 is 2.05 bits per heavy atom. The van der Waals surface area contributed by atoms with Crippen molar-refractivity contribution in [1.82, 2.24) is 9.62 Å². The van der Waals surface area contributed by atoms with Crippen LogP contribution in [0.4, 0.5) is 0 Å². The maximum Gasteiger partial charge on any atom is 0.246 e. The van der Waals surface area contributed by atoms with Crippen LogP contribution in [0.25, 0.3) is 0 Å². The lowest BCUT2D eigenvalue weighted by Crippen LogP contribution is -2.61.